The van der Waals surface area contributed by atoms with Gasteiger partial charge in [-0.2, -0.15) is 0 Å². The molecule has 2 N–H and O–H groups in total. The number of carboxylic acid groups (broad SMARTS) is 1. The van der Waals surface area contributed by atoms with Crippen molar-refractivity contribution in [3.63, 3.8) is 0 Å². The number of nitrogens with zero attached hydrogens (tertiary/aromatic N) is 1. The summed E-state index contributed by atoms with van der Waals surface area (Å²) < 4.78 is 5.57. The molecule has 0 bridgehead atoms. The Hall–Kier alpha value is -4.13. The second-order valence-electron chi connectivity index (χ2n) is 9.58. The minimum atomic E-state index is -0.819. The van der Waals surface area contributed by atoms with Gasteiger partial charge in [-0.05, 0) is 58.9 Å². The molecule has 3 aromatic rings. The van der Waals surface area contributed by atoms with Gasteiger partial charge < -0.3 is 14.7 Å². The first kappa shape index (κ1) is 21.4. The largest absolute Gasteiger partial charge is 0.481 e. The smallest absolute Gasteiger partial charge is 0.411 e. The van der Waals surface area contributed by atoms with Gasteiger partial charge in [-0.3, -0.25) is 14.9 Å². The normalized spacial score (nSPS) is 21.6. The molecule has 176 valence electrons. The van der Waals surface area contributed by atoms with Crippen LogP contribution < -0.4 is 5.32 Å². The van der Waals surface area contributed by atoms with Crippen LogP contribution in [0.1, 0.15) is 33.8 Å². The zero-order chi connectivity index (χ0) is 24.2. The van der Waals surface area contributed by atoms with Gasteiger partial charge in [-0.15, -0.1) is 0 Å². The fraction of sp³-hybridized carbons (Fsp3) is 0.250. The fourth-order valence-electron chi connectivity index (χ4n) is 5.60. The van der Waals surface area contributed by atoms with Gasteiger partial charge in [-0.1, -0.05) is 48.5 Å². The number of carboxylic acids is 1. The molecule has 3 aromatic carbocycles. The zero-order valence-electron chi connectivity index (χ0n) is 18.9. The van der Waals surface area contributed by atoms with E-state index in [0.717, 1.165) is 11.1 Å². The van der Waals surface area contributed by atoms with Gasteiger partial charge >= 0.3 is 12.1 Å². The van der Waals surface area contributed by atoms with E-state index in [4.69, 9.17) is 4.74 Å². The van der Waals surface area contributed by atoms with Crippen LogP contribution in [0.2, 0.25) is 0 Å². The Morgan fingerprint density at radius 2 is 1.57 bits per heavy atom. The number of carbonyl (C=O) groups is 3. The van der Waals surface area contributed by atoms with Crippen LogP contribution in [0, 0.1) is 11.3 Å². The summed E-state index contributed by atoms with van der Waals surface area (Å²) in [5.41, 5.74) is 4.86. The summed E-state index contributed by atoms with van der Waals surface area (Å²) in [6.07, 6.45) is 0.0868. The molecule has 1 aliphatic heterocycles. The lowest BCUT2D eigenvalue weighted by atomic mass is 9.98. The van der Waals surface area contributed by atoms with Crippen molar-refractivity contribution in [3.05, 3.63) is 89.5 Å². The highest BCUT2D eigenvalue weighted by Crippen LogP contribution is 2.58. The Morgan fingerprint density at radius 1 is 0.943 bits per heavy atom. The molecule has 0 spiro atoms. The molecule has 0 radical (unpaired) electrons. The molecule has 2 unspecified atom stereocenters. The lowest BCUT2D eigenvalue weighted by Gasteiger charge is -2.19. The Kier molecular flexibility index (Phi) is 4.88. The van der Waals surface area contributed by atoms with Gasteiger partial charge in [0.05, 0.1) is 5.41 Å². The standard InChI is InChI=1S/C28H24N2O5/c31-25(30-14-18-13-28(18,16-30)26(32)33)17-9-11-19(12-10-17)29-27(34)35-15-24-22-7-3-1-5-20(22)21-6-2-4-8-23(21)24/h1-12,18,24H,13-16H2,(H,29,34)(H,32,33). The molecule has 2 atom stereocenters. The average molecular weight is 469 g/mol. The predicted molar refractivity (Wildman–Crippen MR) is 129 cm³/mol. The number of aliphatic carboxylic acids is 1. The number of carbonyl (C=O) groups excluding carboxylic acids is 2. The van der Waals surface area contributed by atoms with E-state index in [0.29, 0.717) is 24.2 Å². The summed E-state index contributed by atoms with van der Waals surface area (Å²) in [5.74, 6) is -0.974. The predicted octanol–water partition coefficient (Wildman–Crippen LogP) is 4.59. The number of ether oxygens (including phenoxy) is 1. The Balaban J connectivity index is 1.07. The molecule has 7 heteroatoms. The number of piperidine rings is 1. The quantitative estimate of drug-likeness (QED) is 0.571. The number of benzene rings is 3. The fourth-order valence-corrected chi connectivity index (χ4v) is 5.60. The third-order valence-electron chi connectivity index (χ3n) is 7.58. The first-order chi connectivity index (χ1) is 17.0. The molecule has 1 saturated heterocycles. The second-order valence-corrected chi connectivity index (χ2v) is 9.58. The van der Waals surface area contributed by atoms with Crippen LogP contribution in [0.5, 0.6) is 0 Å². The summed E-state index contributed by atoms with van der Waals surface area (Å²) >= 11 is 0. The van der Waals surface area contributed by atoms with Gasteiger partial charge in [0.25, 0.3) is 5.91 Å². The van der Waals surface area contributed by atoms with E-state index < -0.39 is 17.5 Å². The summed E-state index contributed by atoms with van der Waals surface area (Å²) in [6, 6.07) is 22.9. The second kappa shape index (κ2) is 7.98. The summed E-state index contributed by atoms with van der Waals surface area (Å²) in [4.78, 5) is 38.4. The van der Waals surface area contributed by atoms with Crippen molar-refractivity contribution in [3.8, 4) is 11.1 Å². The molecule has 2 fully saturated rings. The zero-order valence-corrected chi connectivity index (χ0v) is 18.9. The number of fused-ring (bicyclic) bond motifs is 4. The molecule has 7 nitrogen and oxygen atoms in total. The molecule has 1 saturated carbocycles. The third kappa shape index (κ3) is 3.55. The van der Waals surface area contributed by atoms with Crippen molar-refractivity contribution in [1.29, 1.82) is 0 Å². The van der Waals surface area contributed by atoms with E-state index in [2.05, 4.69) is 29.6 Å². The minimum Gasteiger partial charge on any atom is -0.481 e. The Labute approximate surface area is 202 Å². The number of hydrogen-bond acceptors (Lipinski definition) is 4. The SMILES string of the molecule is O=C(Nc1ccc(C(=O)N2CC3CC3(C(=O)O)C2)cc1)OCC1c2ccccc2-c2ccccc21. The molecule has 3 aliphatic rings. The van der Waals surface area contributed by atoms with Crippen LogP contribution in [0.15, 0.2) is 72.8 Å². The first-order valence-electron chi connectivity index (χ1n) is 11.7. The summed E-state index contributed by atoms with van der Waals surface area (Å²) in [6.45, 7) is 0.953. The van der Waals surface area contributed by atoms with E-state index in [1.54, 1.807) is 29.2 Å². The molecular formula is C28H24N2O5. The van der Waals surface area contributed by atoms with E-state index >= 15 is 0 Å². The lowest BCUT2D eigenvalue weighted by molar-refractivity contribution is -0.143. The van der Waals surface area contributed by atoms with Gasteiger partial charge in [-0.25, -0.2) is 4.79 Å². The van der Waals surface area contributed by atoms with Crippen molar-refractivity contribution >= 4 is 23.7 Å². The monoisotopic (exact) mass is 468 g/mol. The number of likely N-dealkylation sites (tertiary alicyclic amines) is 1. The topological polar surface area (TPSA) is 95.9 Å². The van der Waals surface area contributed by atoms with Crippen molar-refractivity contribution < 1.29 is 24.2 Å². The number of anilines is 1. The maximum absolute atomic E-state index is 12.8. The highest BCUT2D eigenvalue weighted by Gasteiger charge is 2.66. The third-order valence-corrected chi connectivity index (χ3v) is 7.58. The molecule has 2 aliphatic carbocycles. The van der Waals surface area contributed by atoms with E-state index in [9.17, 15) is 19.5 Å². The molecule has 6 rings (SSSR count). The summed E-state index contributed by atoms with van der Waals surface area (Å²) in [5, 5.41) is 12.1. The highest BCUT2D eigenvalue weighted by atomic mass is 16.5. The van der Waals surface area contributed by atoms with Crippen molar-refractivity contribution in [2.75, 3.05) is 25.0 Å². The molecular weight excluding hydrogens is 444 g/mol. The summed E-state index contributed by atoms with van der Waals surface area (Å²) in [7, 11) is 0. The van der Waals surface area contributed by atoms with Crippen LogP contribution in [-0.2, 0) is 9.53 Å². The van der Waals surface area contributed by atoms with E-state index in [-0.39, 0.29) is 30.9 Å². The maximum Gasteiger partial charge on any atom is 0.411 e. The van der Waals surface area contributed by atoms with Gasteiger partial charge in [0.2, 0.25) is 0 Å². The lowest BCUT2D eigenvalue weighted by Crippen LogP contribution is -2.33. The van der Waals surface area contributed by atoms with E-state index in [1.165, 1.54) is 11.1 Å². The number of hydrogen-bond donors (Lipinski definition) is 2. The molecule has 0 aromatic heterocycles. The average Bonchev–Trinajstić information content (AvgIpc) is 3.30. The number of rotatable bonds is 5. The van der Waals surface area contributed by atoms with Gasteiger partial charge in [0.15, 0.2) is 0 Å². The highest BCUT2D eigenvalue weighted by molar-refractivity contribution is 5.96. The van der Waals surface area contributed by atoms with E-state index in [1.807, 2.05) is 24.3 Å². The Morgan fingerprint density at radius 3 is 2.17 bits per heavy atom. The van der Waals surface area contributed by atoms with Crippen LogP contribution in [0.3, 0.4) is 0 Å². The van der Waals surface area contributed by atoms with Crippen molar-refractivity contribution in [2.45, 2.75) is 12.3 Å². The van der Waals surface area contributed by atoms with Crippen molar-refractivity contribution in [2.24, 2.45) is 11.3 Å². The number of amides is 2. The van der Waals surface area contributed by atoms with Gasteiger partial charge in [0, 0.05) is 30.3 Å². The minimum absolute atomic E-state index is 0.0195. The van der Waals surface area contributed by atoms with Crippen LogP contribution in [0.4, 0.5) is 10.5 Å². The van der Waals surface area contributed by atoms with Crippen LogP contribution >= 0.6 is 0 Å². The molecule has 35 heavy (non-hydrogen) atoms. The Bertz CT molecular complexity index is 1310. The maximum atomic E-state index is 12.8. The number of nitrogens with one attached hydrogen (secondary N) is 1. The molecule has 2 amide bonds. The van der Waals surface area contributed by atoms with Gasteiger partial charge in [0.1, 0.15) is 6.61 Å². The first-order valence-corrected chi connectivity index (χ1v) is 11.7. The van der Waals surface area contributed by atoms with Crippen molar-refractivity contribution in [1.82, 2.24) is 4.90 Å². The van der Waals surface area contributed by atoms with Crippen LogP contribution in [0.25, 0.3) is 11.1 Å². The van der Waals surface area contributed by atoms with Crippen LogP contribution in [-0.4, -0.2) is 47.7 Å². The molecule has 1 heterocycles.